The summed E-state index contributed by atoms with van der Waals surface area (Å²) in [7, 11) is 2.34. The molecule has 0 spiro atoms. The Morgan fingerprint density at radius 2 is 1.73 bits per heavy atom. The Morgan fingerprint density at radius 1 is 1.05 bits per heavy atom. The highest BCUT2D eigenvalue weighted by Crippen LogP contribution is 2.47. The van der Waals surface area contributed by atoms with E-state index in [1.165, 1.54) is 51.5 Å². The Balaban J connectivity index is 0.000000847. The Morgan fingerprint density at radius 3 is 2.41 bits per heavy atom. The lowest BCUT2D eigenvalue weighted by Crippen LogP contribution is -2.33. The average Bonchev–Trinajstić information content (AvgIpc) is 2.97. The van der Waals surface area contributed by atoms with Crippen molar-refractivity contribution in [3.8, 4) is 0 Å². The fourth-order valence-electron chi connectivity index (χ4n) is 4.65. The minimum atomic E-state index is 0.675. The Labute approximate surface area is 138 Å². The third-order valence-corrected chi connectivity index (χ3v) is 5.54. The second-order valence-corrected chi connectivity index (χ2v) is 6.89. The predicted molar refractivity (Wildman–Crippen MR) is 97.2 cm³/mol. The third-order valence-electron chi connectivity index (χ3n) is 5.54. The van der Waals surface area contributed by atoms with Gasteiger partial charge in [0, 0.05) is 6.04 Å². The molecule has 0 aromatic heterocycles. The quantitative estimate of drug-likeness (QED) is 0.674. The second-order valence-electron chi connectivity index (χ2n) is 6.89. The first-order valence-electron chi connectivity index (χ1n) is 9.59. The van der Waals surface area contributed by atoms with E-state index in [4.69, 9.17) is 0 Å². The van der Waals surface area contributed by atoms with Crippen LogP contribution < -0.4 is 0 Å². The topological polar surface area (TPSA) is 3.24 Å². The fourth-order valence-corrected chi connectivity index (χ4v) is 4.65. The van der Waals surface area contributed by atoms with Crippen LogP contribution >= 0.6 is 0 Å². The Kier molecular flexibility index (Phi) is 6.95. The summed E-state index contributed by atoms with van der Waals surface area (Å²) in [5.74, 6) is 1.82. The van der Waals surface area contributed by atoms with Gasteiger partial charge < -0.3 is 0 Å². The summed E-state index contributed by atoms with van der Waals surface area (Å²) in [6.45, 7) is 7.52. The summed E-state index contributed by atoms with van der Waals surface area (Å²) in [5, 5.41) is 0. The van der Waals surface area contributed by atoms with Crippen LogP contribution in [0.15, 0.2) is 24.3 Å². The summed E-state index contributed by atoms with van der Waals surface area (Å²) in [5.41, 5.74) is 3.25. The van der Waals surface area contributed by atoms with Crippen LogP contribution in [-0.4, -0.2) is 18.5 Å². The van der Waals surface area contributed by atoms with Crippen molar-refractivity contribution in [2.24, 2.45) is 11.8 Å². The average molecular weight is 302 g/mol. The van der Waals surface area contributed by atoms with Crippen LogP contribution in [0.2, 0.25) is 0 Å². The van der Waals surface area contributed by atoms with Crippen LogP contribution in [0.3, 0.4) is 0 Å². The molecule has 0 amide bonds. The van der Waals surface area contributed by atoms with E-state index in [2.05, 4.69) is 43.1 Å². The molecule has 0 heterocycles. The van der Waals surface area contributed by atoms with Gasteiger partial charge in [-0.2, -0.15) is 0 Å². The molecule has 1 aromatic carbocycles. The molecule has 1 heteroatoms. The summed E-state index contributed by atoms with van der Waals surface area (Å²) < 4.78 is 0. The van der Waals surface area contributed by atoms with Crippen molar-refractivity contribution < 1.29 is 0 Å². The van der Waals surface area contributed by atoms with Crippen molar-refractivity contribution >= 4 is 0 Å². The number of nitrogens with zero attached hydrogens (tertiary/aromatic N) is 1. The smallest absolute Gasteiger partial charge is 0.0381 e. The molecule has 0 radical (unpaired) electrons. The fraction of sp³-hybridized carbons (Fsp3) is 0.714. The van der Waals surface area contributed by atoms with Gasteiger partial charge in [0.15, 0.2) is 0 Å². The van der Waals surface area contributed by atoms with Gasteiger partial charge in [-0.25, -0.2) is 0 Å². The van der Waals surface area contributed by atoms with Gasteiger partial charge in [-0.1, -0.05) is 77.1 Å². The molecule has 1 fully saturated rings. The van der Waals surface area contributed by atoms with Gasteiger partial charge in [-0.3, -0.25) is 4.90 Å². The molecule has 0 aliphatic heterocycles. The van der Waals surface area contributed by atoms with Crippen LogP contribution in [0, 0.1) is 11.8 Å². The lowest BCUT2D eigenvalue weighted by molar-refractivity contribution is 0.124. The van der Waals surface area contributed by atoms with Crippen LogP contribution in [0.5, 0.6) is 0 Å². The van der Waals surface area contributed by atoms with Crippen LogP contribution in [0.1, 0.15) is 76.5 Å². The number of fused-ring (bicyclic) bond motifs is 1. The van der Waals surface area contributed by atoms with Crippen molar-refractivity contribution in [1.82, 2.24) is 4.90 Å². The zero-order chi connectivity index (χ0) is 15.9. The van der Waals surface area contributed by atoms with Crippen molar-refractivity contribution in [3.63, 3.8) is 0 Å². The van der Waals surface area contributed by atoms with Crippen LogP contribution in [0.25, 0.3) is 0 Å². The molecule has 1 nitrogen and oxygen atoms in total. The van der Waals surface area contributed by atoms with E-state index < -0.39 is 0 Å². The van der Waals surface area contributed by atoms with E-state index in [0.717, 1.165) is 11.8 Å². The highest BCUT2D eigenvalue weighted by molar-refractivity contribution is 5.36. The van der Waals surface area contributed by atoms with Crippen molar-refractivity contribution in [3.05, 3.63) is 35.4 Å². The number of rotatable bonds is 4. The van der Waals surface area contributed by atoms with Gasteiger partial charge in [0.05, 0.1) is 0 Å². The molecule has 22 heavy (non-hydrogen) atoms. The molecule has 2 unspecified atom stereocenters. The summed E-state index contributed by atoms with van der Waals surface area (Å²) in [6, 6.07) is 9.88. The van der Waals surface area contributed by atoms with Crippen molar-refractivity contribution in [2.75, 3.05) is 13.6 Å². The molecular weight excluding hydrogens is 266 g/mol. The second kappa shape index (κ2) is 8.72. The molecular formula is C21H35N. The molecule has 0 bridgehead atoms. The highest BCUT2D eigenvalue weighted by atomic mass is 15.1. The zero-order valence-corrected chi connectivity index (χ0v) is 15.1. The molecule has 1 saturated carbocycles. The highest BCUT2D eigenvalue weighted by Gasteiger charge is 2.39. The van der Waals surface area contributed by atoms with E-state index in [0.29, 0.717) is 6.04 Å². The van der Waals surface area contributed by atoms with Gasteiger partial charge in [-0.05, 0) is 49.4 Å². The molecule has 3 rings (SSSR count). The van der Waals surface area contributed by atoms with Crippen LogP contribution in [0.4, 0.5) is 0 Å². The van der Waals surface area contributed by atoms with Gasteiger partial charge in [0.1, 0.15) is 0 Å². The molecule has 124 valence electrons. The zero-order valence-electron chi connectivity index (χ0n) is 15.1. The monoisotopic (exact) mass is 301 g/mol. The van der Waals surface area contributed by atoms with Gasteiger partial charge in [0.25, 0.3) is 0 Å². The standard InChI is InChI=1S/C19H29N.C2H6/c1-3-13-20(2)19-17-12-8-7-11-16(17)14-18(19)15-9-5-4-6-10-15;1-2/h7-8,11-12,15,18-19H,3-6,9-10,13-14H2,1-2H3;1-2H3. The van der Waals surface area contributed by atoms with Gasteiger partial charge in [0.2, 0.25) is 0 Å². The van der Waals surface area contributed by atoms with E-state index in [1.54, 1.807) is 11.1 Å². The number of hydrogen-bond acceptors (Lipinski definition) is 1. The van der Waals surface area contributed by atoms with E-state index in [1.807, 2.05) is 13.8 Å². The lowest BCUT2D eigenvalue weighted by Gasteiger charge is -2.36. The molecule has 1 aromatic rings. The maximum Gasteiger partial charge on any atom is 0.0381 e. The van der Waals surface area contributed by atoms with E-state index in [-0.39, 0.29) is 0 Å². The molecule has 2 aliphatic rings. The maximum atomic E-state index is 2.63. The Hall–Kier alpha value is -0.820. The molecule has 0 saturated heterocycles. The van der Waals surface area contributed by atoms with Crippen molar-refractivity contribution in [1.29, 1.82) is 0 Å². The SMILES string of the molecule is CC.CCCN(C)C1c2ccccc2CC1C1CCCCC1. The van der Waals surface area contributed by atoms with Gasteiger partial charge >= 0.3 is 0 Å². The lowest BCUT2D eigenvalue weighted by atomic mass is 9.76. The normalized spacial score (nSPS) is 24.8. The molecule has 0 N–H and O–H groups in total. The van der Waals surface area contributed by atoms with E-state index in [9.17, 15) is 0 Å². The first kappa shape index (κ1) is 17.5. The van der Waals surface area contributed by atoms with E-state index >= 15 is 0 Å². The van der Waals surface area contributed by atoms with Crippen LogP contribution in [-0.2, 0) is 6.42 Å². The predicted octanol–water partition coefficient (Wildman–Crippen LogP) is 5.85. The first-order valence-corrected chi connectivity index (χ1v) is 9.59. The summed E-state index contributed by atoms with van der Waals surface area (Å²) >= 11 is 0. The van der Waals surface area contributed by atoms with Gasteiger partial charge in [-0.15, -0.1) is 0 Å². The summed E-state index contributed by atoms with van der Waals surface area (Å²) in [4.78, 5) is 2.63. The third kappa shape index (κ3) is 3.74. The number of hydrogen-bond donors (Lipinski definition) is 0. The Bertz CT molecular complexity index is 433. The minimum absolute atomic E-state index is 0.675. The first-order chi connectivity index (χ1) is 10.8. The largest absolute Gasteiger partial charge is 0.299 e. The number of benzene rings is 1. The molecule has 2 aliphatic carbocycles. The van der Waals surface area contributed by atoms with Crippen molar-refractivity contribution in [2.45, 2.75) is 71.8 Å². The minimum Gasteiger partial charge on any atom is -0.299 e. The molecule has 2 atom stereocenters. The maximum absolute atomic E-state index is 2.63. The summed E-state index contributed by atoms with van der Waals surface area (Å²) in [6.07, 6.45) is 9.89.